The second-order valence-electron chi connectivity index (χ2n) is 4.54. The van der Waals surface area contributed by atoms with Gasteiger partial charge in [0.2, 0.25) is 0 Å². The highest BCUT2D eigenvalue weighted by atomic mass is 32.1. The van der Waals surface area contributed by atoms with Crippen LogP contribution in [0.3, 0.4) is 0 Å². The largest absolute Gasteiger partial charge is 0.458 e. The lowest BCUT2D eigenvalue weighted by Crippen LogP contribution is -2.14. The molecule has 0 aliphatic rings. The fourth-order valence-corrected chi connectivity index (χ4v) is 2.93. The fraction of sp³-hybridized carbons (Fsp3) is 0.385. The summed E-state index contributed by atoms with van der Waals surface area (Å²) in [6.45, 7) is 5.72. The van der Waals surface area contributed by atoms with Crippen LogP contribution in [0.25, 0.3) is 0 Å². The van der Waals surface area contributed by atoms with Crippen LogP contribution in [0.2, 0.25) is 0 Å². The van der Waals surface area contributed by atoms with E-state index in [0.717, 1.165) is 9.75 Å². The maximum absolute atomic E-state index is 11.9. The Morgan fingerprint density at radius 1 is 1.48 bits per heavy atom. The Labute approximate surface area is 125 Å². The molecule has 0 spiro atoms. The second kappa shape index (κ2) is 6.04. The van der Waals surface area contributed by atoms with Crippen molar-refractivity contribution < 1.29 is 14.5 Å². The van der Waals surface area contributed by atoms with Gasteiger partial charge in [-0.1, -0.05) is 0 Å². The summed E-state index contributed by atoms with van der Waals surface area (Å²) < 4.78 is 6.60. The van der Waals surface area contributed by atoms with E-state index in [-0.39, 0.29) is 19.0 Å². The minimum atomic E-state index is -0.506. The van der Waals surface area contributed by atoms with Crippen molar-refractivity contribution >= 4 is 23.1 Å². The summed E-state index contributed by atoms with van der Waals surface area (Å²) in [5.41, 5.74) is 0.550. The third-order valence-corrected chi connectivity index (χ3v) is 4.00. The number of imidazole rings is 1. The lowest BCUT2D eigenvalue weighted by molar-refractivity contribution is -0.392. The molecule has 2 aromatic rings. The van der Waals surface area contributed by atoms with E-state index >= 15 is 0 Å². The predicted octanol–water partition coefficient (Wildman–Crippen LogP) is 2.64. The van der Waals surface area contributed by atoms with Crippen molar-refractivity contribution in [3.05, 3.63) is 43.5 Å². The number of carbonyl (C=O) groups excluding carboxylic acids is 1. The van der Waals surface area contributed by atoms with Gasteiger partial charge in [-0.25, -0.2) is 14.3 Å². The van der Waals surface area contributed by atoms with E-state index in [9.17, 15) is 14.9 Å². The first kappa shape index (κ1) is 15.2. The van der Waals surface area contributed by atoms with Gasteiger partial charge in [-0.2, -0.15) is 0 Å². The third-order valence-electron chi connectivity index (χ3n) is 3.03. The van der Waals surface area contributed by atoms with Crippen molar-refractivity contribution in [2.45, 2.75) is 27.3 Å². The molecule has 8 heteroatoms. The Morgan fingerprint density at radius 3 is 2.76 bits per heavy atom. The van der Waals surface area contributed by atoms with Crippen molar-refractivity contribution in [2.24, 2.45) is 0 Å². The van der Waals surface area contributed by atoms with Gasteiger partial charge in [0.05, 0.1) is 5.56 Å². The number of nitro groups is 1. The molecule has 0 atom stereocenters. The quantitative estimate of drug-likeness (QED) is 0.481. The maximum Gasteiger partial charge on any atom is 0.342 e. The van der Waals surface area contributed by atoms with Crippen LogP contribution in [0.15, 0.2) is 12.3 Å². The van der Waals surface area contributed by atoms with Crippen LogP contribution < -0.4 is 0 Å². The normalized spacial score (nSPS) is 10.6. The van der Waals surface area contributed by atoms with Crippen LogP contribution in [0.5, 0.6) is 0 Å². The van der Waals surface area contributed by atoms with Crippen LogP contribution in [0.4, 0.5) is 5.82 Å². The molecule has 0 fully saturated rings. The minimum absolute atomic E-state index is 0.0607. The van der Waals surface area contributed by atoms with E-state index in [1.54, 1.807) is 13.0 Å². The molecule has 0 aliphatic heterocycles. The number of rotatable bonds is 5. The number of ether oxygens (including phenoxy) is 1. The highest BCUT2D eigenvalue weighted by Gasteiger charge is 2.18. The molecule has 0 radical (unpaired) electrons. The first-order valence-corrected chi connectivity index (χ1v) is 7.12. The van der Waals surface area contributed by atoms with Crippen LogP contribution in [0.1, 0.15) is 25.9 Å². The van der Waals surface area contributed by atoms with Crippen LogP contribution in [-0.4, -0.2) is 27.1 Å². The second-order valence-corrected chi connectivity index (χ2v) is 6.00. The molecule has 0 saturated carbocycles. The summed E-state index contributed by atoms with van der Waals surface area (Å²) in [5, 5.41) is 10.8. The number of hydrogen-bond donors (Lipinski definition) is 0. The average molecular weight is 309 g/mol. The molecule has 2 rings (SSSR count). The van der Waals surface area contributed by atoms with Gasteiger partial charge in [0, 0.05) is 16.7 Å². The smallest absolute Gasteiger partial charge is 0.342 e. The van der Waals surface area contributed by atoms with Crippen molar-refractivity contribution in [1.29, 1.82) is 0 Å². The molecule has 0 amide bonds. The SMILES string of the molecule is Cc1cc(C(=O)OCCn2c([N+](=O)[O-])cnc2C)c(C)s1. The zero-order valence-electron chi connectivity index (χ0n) is 12.0. The first-order chi connectivity index (χ1) is 9.90. The van der Waals surface area contributed by atoms with E-state index in [2.05, 4.69) is 4.98 Å². The summed E-state index contributed by atoms with van der Waals surface area (Å²) in [5.74, 6) is 0.00341. The van der Waals surface area contributed by atoms with Gasteiger partial charge >= 0.3 is 11.8 Å². The topological polar surface area (TPSA) is 87.3 Å². The number of aryl methyl sites for hydroxylation is 3. The predicted molar refractivity (Wildman–Crippen MR) is 77.7 cm³/mol. The zero-order valence-corrected chi connectivity index (χ0v) is 12.8. The molecule has 0 bridgehead atoms. The van der Waals surface area contributed by atoms with E-state index in [0.29, 0.717) is 11.4 Å². The van der Waals surface area contributed by atoms with Crippen LogP contribution >= 0.6 is 11.3 Å². The Hall–Kier alpha value is -2.22. The number of carbonyl (C=O) groups is 1. The van der Waals surface area contributed by atoms with Crippen LogP contribution in [-0.2, 0) is 11.3 Å². The highest BCUT2D eigenvalue weighted by Crippen LogP contribution is 2.21. The molecule has 7 nitrogen and oxygen atoms in total. The Morgan fingerprint density at radius 2 is 2.19 bits per heavy atom. The third kappa shape index (κ3) is 3.27. The van der Waals surface area contributed by atoms with Gasteiger partial charge in [-0.15, -0.1) is 11.3 Å². The summed E-state index contributed by atoms with van der Waals surface area (Å²) in [6, 6.07) is 1.78. The number of esters is 1. The number of nitrogens with zero attached hydrogens (tertiary/aromatic N) is 3. The maximum atomic E-state index is 11.9. The van der Waals surface area contributed by atoms with Gasteiger partial charge in [0.1, 0.15) is 19.3 Å². The van der Waals surface area contributed by atoms with Gasteiger partial charge in [0.15, 0.2) is 5.82 Å². The van der Waals surface area contributed by atoms with Crippen molar-refractivity contribution in [1.82, 2.24) is 9.55 Å². The van der Waals surface area contributed by atoms with E-state index in [1.807, 2.05) is 13.8 Å². The highest BCUT2D eigenvalue weighted by molar-refractivity contribution is 7.12. The Kier molecular flexibility index (Phi) is 4.37. The summed E-state index contributed by atoms with van der Waals surface area (Å²) in [7, 11) is 0. The summed E-state index contributed by atoms with van der Waals surface area (Å²) in [6.07, 6.45) is 1.20. The number of thiophene rings is 1. The van der Waals surface area contributed by atoms with Crippen molar-refractivity contribution in [3.63, 3.8) is 0 Å². The molecular weight excluding hydrogens is 294 g/mol. The average Bonchev–Trinajstić information content (AvgIpc) is 2.93. The minimum Gasteiger partial charge on any atom is -0.458 e. The van der Waals surface area contributed by atoms with E-state index in [1.165, 1.54) is 22.1 Å². The van der Waals surface area contributed by atoms with Crippen molar-refractivity contribution in [3.8, 4) is 0 Å². The Balaban J connectivity index is 1.99. The van der Waals surface area contributed by atoms with Gasteiger partial charge in [0.25, 0.3) is 0 Å². The Bertz CT molecular complexity index is 690. The molecule has 0 aliphatic carbocycles. The van der Waals surface area contributed by atoms with Crippen LogP contribution in [0, 0.1) is 30.9 Å². The number of aromatic nitrogens is 2. The van der Waals surface area contributed by atoms with Gasteiger partial charge < -0.3 is 14.9 Å². The fourth-order valence-electron chi connectivity index (χ4n) is 2.02. The molecular formula is C13H15N3O4S. The standard InChI is InChI=1S/C13H15N3O4S/c1-8-6-11(9(2)21-8)13(17)20-5-4-15-10(3)14-7-12(15)16(18)19/h6-7H,4-5H2,1-3H3. The molecule has 0 N–H and O–H groups in total. The molecule has 2 aromatic heterocycles. The molecule has 21 heavy (non-hydrogen) atoms. The first-order valence-electron chi connectivity index (χ1n) is 6.31. The molecule has 0 unspecified atom stereocenters. The van der Waals surface area contributed by atoms with Gasteiger partial charge in [-0.05, 0) is 24.8 Å². The monoisotopic (exact) mass is 309 g/mol. The molecule has 2 heterocycles. The summed E-state index contributed by atoms with van der Waals surface area (Å²) >= 11 is 1.53. The lowest BCUT2D eigenvalue weighted by atomic mass is 10.2. The molecule has 0 saturated heterocycles. The van der Waals surface area contributed by atoms with Crippen molar-refractivity contribution in [2.75, 3.05) is 6.61 Å². The lowest BCUT2D eigenvalue weighted by Gasteiger charge is -2.05. The molecule has 112 valence electrons. The summed E-state index contributed by atoms with van der Waals surface area (Å²) in [4.78, 5) is 28.1. The number of hydrogen-bond acceptors (Lipinski definition) is 6. The van der Waals surface area contributed by atoms with Gasteiger partial charge in [-0.3, -0.25) is 0 Å². The molecule has 0 aromatic carbocycles. The van der Waals surface area contributed by atoms with E-state index < -0.39 is 10.9 Å². The zero-order chi connectivity index (χ0) is 15.6. The van der Waals surface area contributed by atoms with E-state index in [4.69, 9.17) is 4.74 Å².